The van der Waals surface area contributed by atoms with Gasteiger partial charge in [-0.1, -0.05) is 13.0 Å². The summed E-state index contributed by atoms with van der Waals surface area (Å²) in [4.78, 5) is 0. The molecule has 0 fully saturated rings. The molecule has 0 saturated heterocycles. The molecule has 0 radical (unpaired) electrons. The van der Waals surface area contributed by atoms with Gasteiger partial charge in [0, 0.05) is 36.9 Å². The maximum Gasteiger partial charge on any atom is 0.0480 e. The molecule has 3 heteroatoms. The lowest BCUT2D eigenvalue weighted by molar-refractivity contribution is 0.224. The summed E-state index contributed by atoms with van der Waals surface area (Å²) in [5.41, 5.74) is 2.68. The maximum atomic E-state index is 9.17. The third kappa shape index (κ3) is 3.84. The minimum atomic E-state index is 0.136. The summed E-state index contributed by atoms with van der Waals surface area (Å²) < 4.78 is 2.22. The number of rotatable bonds is 5. The van der Waals surface area contributed by atoms with Crippen LogP contribution in [0.25, 0.3) is 10.9 Å². The summed E-state index contributed by atoms with van der Waals surface area (Å²) >= 11 is 0. The monoisotopic (exact) mass is 274 g/mol. The number of nitrogens with one attached hydrogen (secondary N) is 1. The lowest BCUT2D eigenvalue weighted by Crippen LogP contribution is -2.35. The van der Waals surface area contributed by atoms with Crippen LogP contribution in [0.1, 0.15) is 33.3 Å². The summed E-state index contributed by atoms with van der Waals surface area (Å²) in [5.74, 6) is 0.285. The standard InChI is InChI=1S/C17H26N2O/c1-13(12-20)11-19-8-7-15-9-14(5-6-16(15)19)10-18-17(2,3)4/h5-9,13,18,20H,10-12H2,1-4H3. The first-order valence-electron chi connectivity index (χ1n) is 7.33. The van der Waals surface area contributed by atoms with Crippen molar-refractivity contribution < 1.29 is 5.11 Å². The van der Waals surface area contributed by atoms with E-state index in [1.807, 2.05) is 0 Å². The molecule has 0 amide bonds. The molecule has 110 valence electrons. The highest BCUT2D eigenvalue weighted by molar-refractivity contribution is 5.80. The quantitative estimate of drug-likeness (QED) is 0.879. The molecule has 2 aromatic rings. The Morgan fingerprint density at radius 2 is 2.00 bits per heavy atom. The SMILES string of the molecule is CC(CO)Cn1ccc2cc(CNC(C)(C)C)ccc21. The second kappa shape index (κ2) is 5.98. The Kier molecular flexibility index (Phi) is 4.51. The van der Waals surface area contributed by atoms with E-state index in [2.05, 4.69) is 68.0 Å². The first kappa shape index (κ1) is 15.1. The molecule has 1 aromatic heterocycles. The molecule has 0 saturated carbocycles. The van der Waals surface area contributed by atoms with E-state index in [-0.39, 0.29) is 18.1 Å². The number of benzene rings is 1. The van der Waals surface area contributed by atoms with Crippen LogP contribution in [0.4, 0.5) is 0 Å². The van der Waals surface area contributed by atoms with Crippen molar-refractivity contribution >= 4 is 10.9 Å². The first-order chi connectivity index (χ1) is 9.39. The van der Waals surface area contributed by atoms with E-state index in [9.17, 15) is 5.11 Å². The van der Waals surface area contributed by atoms with Gasteiger partial charge in [-0.2, -0.15) is 0 Å². The molecule has 0 aliphatic carbocycles. The van der Waals surface area contributed by atoms with Gasteiger partial charge in [0.25, 0.3) is 0 Å². The van der Waals surface area contributed by atoms with Crippen molar-refractivity contribution in [3.05, 3.63) is 36.0 Å². The zero-order valence-electron chi connectivity index (χ0n) is 13.0. The van der Waals surface area contributed by atoms with Crippen molar-refractivity contribution in [1.29, 1.82) is 0 Å². The van der Waals surface area contributed by atoms with E-state index in [4.69, 9.17) is 0 Å². The number of hydrogen-bond donors (Lipinski definition) is 2. The van der Waals surface area contributed by atoms with Crippen LogP contribution in [0.3, 0.4) is 0 Å². The minimum absolute atomic E-state index is 0.136. The van der Waals surface area contributed by atoms with Gasteiger partial charge in [0.1, 0.15) is 0 Å². The predicted octanol–water partition coefficient (Wildman–Crippen LogP) is 3.16. The van der Waals surface area contributed by atoms with Gasteiger partial charge in [-0.25, -0.2) is 0 Å². The van der Waals surface area contributed by atoms with E-state index in [0.717, 1.165) is 13.1 Å². The average Bonchev–Trinajstić information content (AvgIpc) is 2.78. The first-order valence-corrected chi connectivity index (χ1v) is 7.33. The van der Waals surface area contributed by atoms with Gasteiger partial charge >= 0.3 is 0 Å². The van der Waals surface area contributed by atoms with Gasteiger partial charge < -0.3 is 15.0 Å². The number of hydrogen-bond acceptors (Lipinski definition) is 2. The Hall–Kier alpha value is -1.32. The number of aliphatic hydroxyl groups is 1. The van der Waals surface area contributed by atoms with E-state index in [1.54, 1.807) is 0 Å². The fourth-order valence-electron chi connectivity index (χ4n) is 2.28. The van der Waals surface area contributed by atoms with Crippen LogP contribution >= 0.6 is 0 Å². The smallest absolute Gasteiger partial charge is 0.0480 e. The fourth-order valence-corrected chi connectivity index (χ4v) is 2.28. The summed E-state index contributed by atoms with van der Waals surface area (Å²) in [5, 5.41) is 14.0. The Bertz CT molecular complexity index is 566. The zero-order chi connectivity index (χ0) is 14.8. The number of nitrogens with zero attached hydrogens (tertiary/aromatic N) is 1. The Morgan fingerprint density at radius 3 is 2.65 bits per heavy atom. The molecule has 3 nitrogen and oxygen atoms in total. The molecular weight excluding hydrogens is 248 g/mol. The van der Waals surface area contributed by atoms with Crippen LogP contribution in [0.5, 0.6) is 0 Å². The molecule has 0 aliphatic rings. The summed E-state index contributed by atoms with van der Waals surface area (Å²) in [6, 6.07) is 8.76. The normalized spacial score (nSPS) is 13.8. The third-order valence-electron chi connectivity index (χ3n) is 3.48. The van der Waals surface area contributed by atoms with Gasteiger partial charge in [-0.3, -0.25) is 0 Å². The van der Waals surface area contributed by atoms with Crippen molar-refractivity contribution in [2.24, 2.45) is 5.92 Å². The van der Waals surface area contributed by atoms with E-state index >= 15 is 0 Å². The summed E-state index contributed by atoms with van der Waals surface area (Å²) in [7, 11) is 0. The lowest BCUT2D eigenvalue weighted by atomic mass is 10.1. The molecule has 1 atom stereocenters. The molecule has 0 spiro atoms. The number of fused-ring (bicyclic) bond motifs is 1. The predicted molar refractivity (Wildman–Crippen MR) is 84.8 cm³/mol. The van der Waals surface area contributed by atoms with Crippen molar-refractivity contribution in [2.45, 2.75) is 46.3 Å². The van der Waals surface area contributed by atoms with Gasteiger partial charge in [0.2, 0.25) is 0 Å². The molecular formula is C17H26N2O. The van der Waals surface area contributed by atoms with E-state index in [0.29, 0.717) is 0 Å². The van der Waals surface area contributed by atoms with Gasteiger partial charge in [0.05, 0.1) is 0 Å². The molecule has 0 aliphatic heterocycles. The second-order valence-corrected chi connectivity index (χ2v) is 6.75. The van der Waals surface area contributed by atoms with E-state index in [1.165, 1.54) is 16.5 Å². The van der Waals surface area contributed by atoms with Crippen molar-refractivity contribution in [3.8, 4) is 0 Å². The Balaban J connectivity index is 2.15. The Labute approximate surface area is 121 Å². The van der Waals surface area contributed by atoms with Crippen LogP contribution < -0.4 is 5.32 Å². The van der Waals surface area contributed by atoms with Crippen LogP contribution in [0.15, 0.2) is 30.5 Å². The third-order valence-corrected chi connectivity index (χ3v) is 3.48. The van der Waals surface area contributed by atoms with Crippen LogP contribution in [0, 0.1) is 5.92 Å². The molecule has 1 aromatic carbocycles. The minimum Gasteiger partial charge on any atom is -0.396 e. The summed E-state index contributed by atoms with van der Waals surface area (Å²) in [6.45, 7) is 10.6. The van der Waals surface area contributed by atoms with Crippen LogP contribution in [-0.2, 0) is 13.1 Å². The molecule has 0 bridgehead atoms. The number of aromatic nitrogens is 1. The highest BCUT2D eigenvalue weighted by Crippen LogP contribution is 2.19. The second-order valence-electron chi connectivity index (χ2n) is 6.75. The maximum absolute atomic E-state index is 9.17. The van der Waals surface area contributed by atoms with Crippen LogP contribution in [0.2, 0.25) is 0 Å². The van der Waals surface area contributed by atoms with E-state index < -0.39 is 0 Å². The number of aliphatic hydroxyl groups excluding tert-OH is 1. The largest absolute Gasteiger partial charge is 0.396 e. The fraction of sp³-hybridized carbons (Fsp3) is 0.529. The Morgan fingerprint density at radius 1 is 1.25 bits per heavy atom. The van der Waals surface area contributed by atoms with Gasteiger partial charge in [0.15, 0.2) is 0 Å². The lowest BCUT2D eigenvalue weighted by Gasteiger charge is -2.20. The molecule has 20 heavy (non-hydrogen) atoms. The van der Waals surface area contributed by atoms with Crippen molar-refractivity contribution in [1.82, 2.24) is 9.88 Å². The highest BCUT2D eigenvalue weighted by atomic mass is 16.3. The molecule has 1 unspecified atom stereocenters. The molecule has 2 rings (SSSR count). The topological polar surface area (TPSA) is 37.2 Å². The zero-order valence-corrected chi connectivity index (χ0v) is 13.0. The highest BCUT2D eigenvalue weighted by Gasteiger charge is 2.09. The average molecular weight is 274 g/mol. The van der Waals surface area contributed by atoms with Gasteiger partial charge in [-0.15, -0.1) is 0 Å². The molecule has 1 heterocycles. The van der Waals surface area contributed by atoms with Gasteiger partial charge in [-0.05, 0) is 55.8 Å². The van der Waals surface area contributed by atoms with Crippen molar-refractivity contribution in [3.63, 3.8) is 0 Å². The molecule has 2 N–H and O–H groups in total. The summed E-state index contributed by atoms with van der Waals surface area (Å²) in [6.07, 6.45) is 2.11. The van der Waals surface area contributed by atoms with Crippen LogP contribution in [-0.4, -0.2) is 21.8 Å². The van der Waals surface area contributed by atoms with Crippen molar-refractivity contribution in [2.75, 3.05) is 6.61 Å².